The first-order valence-corrected chi connectivity index (χ1v) is 14.2. The Morgan fingerprint density at radius 3 is 2.61 bits per heavy atom. The number of phenolic OH excluding ortho intramolecular Hbond substituents is 1. The lowest BCUT2D eigenvalue weighted by Gasteiger charge is -2.35. The molecule has 2 aliphatic rings. The lowest BCUT2D eigenvalue weighted by atomic mass is 9.82. The molecule has 38 heavy (non-hydrogen) atoms. The Morgan fingerprint density at radius 2 is 1.87 bits per heavy atom. The van der Waals surface area contributed by atoms with Crippen molar-refractivity contribution in [1.82, 2.24) is 0 Å². The zero-order valence-electron chi connectivity index (χ0n) is 21.9. The maximum absolute atomic E-state index is 11.6. The number of allylic oxidation sites excluding steroid dienone is 1. The van der Waals surface area contributed by atoms with Crippen molar-refractivity contribution in [3.8, 4) is 28.4 Å². The van der Waals surface area contributed by atoms with Crippen molar-refractivity contribution in [3.63, 3.8) is 0 Å². The number of thiophene rings is 2. The summed E-state index contributed by atoms with van der Waals surface area (Å²) in [5, 5.41) is 31.8. The third kappa shape index (κ3) is 3.85. The smallest absolute Gasteiger partial charge is 0.172 e. The topological polar surface area (TPSA) is 71.0 Å². The summed E-state index contributed by atoms with van der Waals surface area (Å²) in [7, 11) is 1.55. The van der Waals surface area contributed by atoms with E-state index >= 15 is 0 Å². The first-order valence-electron chi connectivity index (χ1n) is 12.4. The number of anilines is 1. The van der Waals surface area contributed by atoms with E-state index in [4.69, 9.17) is 9.47 Å². The Balaban J connectivity index is 1.61. The molecular weight excluding hydrogens is 514 g/mol. The molecule has 6 rings (SSSR count). The second kappa shape index (κ2) is 8.76. The van der Waals surface area contributed by atoms with E-state index in [1.54, 1.807) is 41.9 Å². The van der Waals surface area contributed by atoms with Gasteiger partial charge in [-0.3, -0.25) is 0 Å². The Kier molecular flexibility index (Phi) is 5.72. The van der Waals surface area contributed by atoms with Gasteiger partial charge in [0.05, 0.1) is 18.2 Å². The van der Waals surface area contributed by atoms with Crippen LogP contribution in [0, 0.1) is 0 Å². The Labute approximate surface area is 230 Å². The number of benzene rings is 2. The van der Waals surface area contributed by atoms with Gasteiger partial charge in [0.25, 0.3) is 0 Å². The minimum absolute atomic E-state index is 0.0600. The molecular formula is C31H29NO4S2. The van der Waals surface area contributed by atoms with Gasteiger partial charge < -0.3 is 25.0 Å². The van der Waals surface area contributed by atoms with Crippen LogP contribution in [0.1, 0.15) is 54.8 Å². The number of ether oxygens (including phenoxy) is 2. The largest absolute Gasteiger partial charge is 0.504 e. The highest BCUT2D eigenvalue weighted by molar-refractivity contribution is 7.11. The van der Waals surface area contributed by atoms with Gasteiger partial charge >= 0.3 is 0 Å². The quantitative estimate of drug-likeness (QED) is 0.244. The first kappa shape index (κ1) is 24.8. The SMILES string of the molecule is COc1c(O)ccc2c1-c1ccc3c(c1/C(=C/c1sccc1C(C)(O)c1ccsc1)O2)C(C)=CC(C)(C)N3. The lowest BCUT2D eigenvalue weighted by molar-refractivity contribution is 0.103. The van der Waals surface area contributed by atoms with Crippen LogP contribution in [0.2, 0.25) is 0 Å². The normalized spacial score (nSPS) is 17.8. The Bertz CT molecular complexity index is 1620. The molecule has 0 amide bonds. The van der Waals surface area contributed by atoms with Crippen LogP contribution in [-0.2, 0) is 5.60 Å². The molecule has 2 aromatic carbocycles. The van der Waals surface area contributed by atoms with Crippen molar-refractivity contribution < 1.29 is 19.7 Å². The summed E-state index contributed by atoms with van der Waals surface area (Å²) in [5.41, 5.74) is 6.10. The molecule has 0 aliphatic carbocycles. The molecule has 3 N–H and O–H groups in total. The first-order chi connectivity index (χ1) is 18.1. The number of methoxy groups -OCH3 is 1. The van der Waals surface area contributed by atoms with Crippen molar-refractivity contribution in [2.24, 2.45) is 0 Å². The number of hydrogen-bond acceptors (Lipinski definition) is 7. The fraction of sp³-hybridized carbons (Fsp3) is 0.226. The monoisotopic (exact) mass is 543 g/mol. The van der Waals surface area contributed by atoms with Crippen LogP contribution >= 0.6 is 22.7 Å². The summed E-state index contributed by atoms with van der Waals surface area (Å²) in [5.74, 6) is 1.72. The number of hydrogen-bond donors (Lipinski definition) is 3. The zero-order chi connectivity index (χ0) is 26.8. The summed E-state index contributed by atoms with van der Waals surface area (Å²) in [4.78, 5) is 0.916. The highest BCUT2D eigenvalue weighted by Gasteiger charge is 2.35. The predicted molar refractivity (Wildman–Crippen MR) is 157 cm³/mol. The van der Waals surface area contributed by atoms with E-state index in [-0.39, 0.29) is 11.3 Å². The van der Waals surface area contributed by atoms with Gasteiger partial charge in [0.1, 0.15) is 17.1 Å². The van der Waals surface area contributed by atoms with Crippen LogP contribution in [0.4, 0.5) is 5.69 Å². The molecule has 0 fully saturated rings. The molecule has 4 heterocycles. The molecule has 2 aliphatic heterocycles. The number of aliphatic hydroxyl groups is 1. The van der Waals surface area contributed by atoms with E-state index < -0.39 is 5.60 Å². The van der Waals surface area contributed by atoms with Crippen LogP contribution in [0.25, 0.3) is 28.5 Å². The second-order valence-electron chi connectivity index (χ2n) is 10.5. The van der Waals surface area contributed by atoms with E-state index in [9.17, 15) is 10.2 Å². The van der Waals surface area contributed by atoms with Crippen molar-refractivity contribution in [2.45, 2.75) is 38.8 Å². The summed E-state index contributed by atoms with van der Waals surface area (Å²) in [6, 6.07) is 11.4. The Hall–Kier alpha value is -3.52. The van der Waals surface area contributed by atoms with E-state index in [1.165, 1.54) is 0 Å². The van der Waals surface area contributed by atoms with E-state index in [2.05, 4.69) is 44.3 Å². The van der Waals surface area contributed by atoms with Crippen molar-refractivity contribution >= 4 is 45.8 Å². The van der Waals surface area contributed by atoms with Crippen molar-refractivity contribution in [1.29, 1.82) is 0 Å². The molecule has 194 valence electrons. The number of rotatable bonds is 4. The van der Waals surface area contributed by atoms with E-state index in [1.807, 2.05) is 41.3 Å². The molecule has 7 heteroatoms. The fourth-order valence-electron chi connectivity index (χ4n) is 5.60. The maximum Gasteiger partial charge on any atom is 0.172 e. The van der Waals surface area contributed by atoms with Crippen molar-refractivity contribution in [2.75, 3.05) is 12.4 Å². The zero-order valence-corrected chi connectivity index (χ0v) is 23.5. The van der Waals surface area contributed by atoms with Crippen LogP contribution in [0.5, 0.6) is 17.2 Å². The van der Waals surface area contributed by atoms with Crippen LogP contribution in [-0.4, -0.2) is 22.9 Å². The third-order valence-corrected chi connectivity index (χ3v) is 8.78. The maximum atomic E-state index is 11.6. The molecule has 5 nitrogen and oxygen atoms in total. The van der Waals surface area contributed by atoms with Gasteiger partial charge in [0, 0.05) is 32.8 Å². The molecule has 0 spiro atoms. The molecule has 0 bridgehead atoms. The minimum Gasteiger partial charge on any atom is -0.504 e. The summed E-state index contributed by atoms with van der Waals surface area (Å²) < 4.78 is 12.2. The van der Waals surface area contributed by atoms with Crippen molar-refractivity contribution in [3.05, 3.63) is 85.7 Å². The minimum atomic E-state index is -1.14. The highest BCUT2D eigenvalue weighted by atomic mass is 32.1. The summed E-state index contributed by atoms with van der Waals surface area (Å²) in [6.45, 7) is 8.24. The third-order valence-electron chi connectivity index (χ3n) is 7.24. The summed E-state index contributed by atoms with van der Waals surface area (Å²) in [6.07, 6.45) is 4.25. The van der Waals surface area contributed by atoms with Gasteiger partial charge in [-0.1, -0.05) is 12.1 Å². The van der Waals surface area contributed by atoms with E-state index in [0.29, 0.717) is 17.3 Å². The molecule has 1 atom stereocenters. The van der Waals surface area contributed by atoms with Crippen LogP contribution < -0.4 is 14.8 Å². The van der Waals surface area contributed by atoms with Gasteiger partial charge in [-0.15, -0.1) is 11.3 Å². The molecule has 4 aromatic rings. The van der Waals surface area contributed by atoms with Gasteiger partial charge in [-0.05, 0) is 91.4 Å². The fourth-order valence-corrected chi connectivity index (χ4v) is 7.28. The molecule has 0 radical (unpaired) electrons. The highest BCUT2D eigenvalue weighted by Crippen LogP contribution is 2.54. The van der Waals surface area contributed by atoms with Gasteiger partial charge in [-0.25, -0.2) is 0 Å². The summed E-state index contributed by atoms with van der Waals surface area (Å²) >= 11 is 3.13. The molecule has 2 aromatic heterocycles. The number of aromatic hydroxyl groups is 1. The average molecular weight is 544 g/mol. The molecule has 1 unspecified atom stereocenters. The van der Waals surface area contributed by atoms with Crippen LogP contribution in [0.3, 0.4) is 0 Å². The lowest BCUT2D eigenvalue weighted by Crippen LogP contribution is -2.32. The average Bonchev–Trinajstić information content (AvgIpc) is 3.56. The van der Waals surface area contributed by atoms with Gasteiger partial charge in [0.2, 0.25) is 0 Å². The second-order valence-corrected chi connectivity index (χ2v) is 12.2. The Morgan fingerprint density at radius 1 is 1.05 bits per heavy atom. The molecule has 0 saturated heterocycles. The standard InChI is InChI=1S/C31H29NO4S2/c1-17-15-30(2,3)32-21-7-6-19-27(26(17)21)24(36-23-9-8-22(33)29(35-5)28(19)23)14-25-20(11-13-38-25)31(4,34)18-10-12-37-16-18/h6-16,32-34H,1-5H3/b24-14-. The van der Waals surface area contributed by atoms with Gasteiger partial charge in [0.15, 0.2) is 11.5 Å². The van der Waals surface area contributed by atoms with Gasteiger partial charge in [-0.2, -0.15) is 11.3 Å². The number of nitrogens with one attached hydrogen (secondary N) is 1. The van der Waals surface area contributed by atoms with Crippen LogP contribution in [0.15, 0.2) is 58.6 Å². The molecule has 0 saturated carbocycles. The van der Waals surface area contributed by atoms with E-state index in [0.717, 1.165) is 49.5 Å². The predicted octanol–water partition coefficient (Wildman–Crippen LogP) is 7.94. The number of fused-ring (bicyclic) bond motifs is 5. The number of phenols is 1.